The van der Waals surface area contributed by atoms with Crippen LogP contribution in [0.4, 0.5) is 11.5 Å². The maximum Gasteiger partial charge on any atom is 0.256 e. The van der Waals surface area contributed by atoms with E-state index in [-0.39, 0.29) is 5.91 Å². The Morgan fingerprint density at radius 3 is 2.47 bits per heavy atom. The molecule has 0 aliphatic rings. The summed E-state index contributed by atoms with van der Waals surface area (Å²) in [6.07, 6.45) is 0. The molecule has 3 aromatic heterocycles. The second-order valence-corrected chi connectivity index (χ2v) is 9.15. The predicted molar refractivity (Wildman–Crippen MR) is 143 cm³/mol. The molecule has 0 saturated heterocycles. The van der Waals surface area contributed by atoms with Crippen LogP contribution < -0.4 is 10.2 Å². The molecular formula is C28H26N4OS. The Morgan fingerprint density at radius 1 is 0.912 bits per heavy atom. The van der Waals surface area contributed by atoms with Crippen molar-refractivity contribution in [3.05, 3.63) is 83.2 Å². The van der Waals surface area contributed by atoms with Gasteiger partial charge in [0.2, 0.25) is 0 Å². The largest absolute Gasteiger partial charge is 0.357 e. The first-order valence-corrected chi connectivity index (χ1v) is 12.4. The number of aromatic nitrogens is 2. The number of anilines is 2. The van der Waals surface area contributed by atoms with Crippen molar-refractivity contribution in [2.45, 2.75) is 20.8 Å². The molecule has 0 atom stereocenters. The molecule has 1 N–H and O–H groups in total. The molecule has 0 saturated carbocycles. The van der Waals surface area contributed by atoms with Crippen molar-refractivity contribution in [1.82, 2.24) is 9.97 Å². The van der Waals surface area contributed by atoms with E-state index in [4.69, 9.17) is 9.97 Å². The Balaban J connectivity index is 1.51. The van der Waals surface area contributed by atoms with Gasteiger partial charge in [0.25, 0.3) is 5.91 Å². The summed E-state index contributed by atoms with van der Waals surface area (Å²) >= 11 is 1.61. The number of nitrogens with one attached hydrogen (secondary N) is 1. The van der Waals surface area contributed by atoms with E-state index in [0.29, 0.717) is 5.56 Å². The van der Waals surface area contributed by atoms with Gasteiger partial charge in [0.1, 0.15) is 5.82 Å². The van der Waals surface area contributed by atoms with Crippen LogP contribution in [0.1, 0.15) is 29.8 Å². The third-order valence-corrected chi connectivity index (χ3v) is 6.97. The number of thiophene rings is 1. The second kappa shape index (κ2) is 9.23. The summed E-state index contributed by atoms with van der Waals surface area (Å²) in [6.45, 7) is 8.18. The number of fused-ring (bicyclic) bond motifs is 2. The Hall–Kier alpha value is -3.77. The van der Waals surface area contributed by atoms with Crippen molar-refractivity contribution in [3.63, 3.8) is 0 Å². The third-order valence-electron chi connectivity index (χ3n) is 6.08. The summed E-state index contributed by atoms with van der Waals surface area (Å²) in [4.78, 5) is 26.3. The standard InChI is InChI=1S/C28H26N4OS/c1-4-32(5-2)27-15-18(3)21-16-19(12-13-24(21)31-27)29-28(33)22-17-25(26-11-8-14-34-26)30-23-10-7-6-9-20(22)23/h6-17H,4-5H2,1-3H3,(H,29,33). The zero-order chi connectivity index (χ0) is 23.7. The number of hydrogen-bond acceptors (Lipinski definition) is 5. The van der Waals surface area contributed by atoms with E-state index >= 15 is 0 Å². The van der Waals surface area contributed by atoms with Gasteiger partial charge in [-0.3, -0.25) is 4.79 Å². The molecule has 5 aromatic rings. The zero-order valence-electron chi connectivity index (χ0n) is 19.5. The molecule has 170 valence electrons. The van der Waals surface area contributed by atoms with E-state index in [1.165, 1.54) is 0 Å². The first-order chi connectivity index (χ1) is 16.6. The molecule has 2 aromatic carbocycles. The Kier molecular flexibility index (Phi) is 5.99. The van der Waals surface area contributed by atoms with Crippen molar-refractivity contribution >= 4 is 50.6 Å². The molecule has 0 radical (unpaired) electrons. The molecule has 5 rings (SSSR count). The first-order valence-electron chi connectivity index (χ1n) is 11.5. The van der Waals surface area contributed by atoms with E-state index in [1.807, 2.05) is 66.0 Å². The van der Waals surface area contributed by atoms with Crippen LogP contribution >= 0.6 is 11.3 Å². The van der Waals surface area contributed by atoms with Crippen LogP contribution in [0.5, 0.6) is 0 Å². The Bertz CT molecular complexity index is 1490. The molecule has 5 nitrogen and oxygen atoms in total. The molecule has 0 bridgehead atoms. The average molecular weight is 467 g/mol. The van der Waals surface area contributed by atoms with Crippen molar-refractivity contribution in [2.75, 3.05) is 23.3 Å². The summed E-state index contributed by atoms with van der Waals surface area (Å²) in [5.41, 5.74) is 5.03. The van der Waals surface area contributed by atoms with Crippen LogP contribution in [0.2, 0.25) is 0 Å². The second-order valence-electron chi connectivity index (χ2n) is 8.21. The number of aryl methyl sites for hydroxylation is 1. The number of amides is 1. The quantitative estimate of drug-likeness (QED) is 0.295. The van der Waals surface area contributed by atoms with Gasteiger partial charge in [-0.2, -0.15) is 0 Å². The number of hydrogen-bond donors (Lipinski definition) is 1. The fourth-order valence-electron chi connectivity index (χ4n) is 4.28. The lowest BCUT2D eigenvalue weighted by Crippen LogP contribution is -2.23. The minimum atomic E-state index is -0.152. The van der Waals surface area contributed by atoms with Crippen molar-refractivity contribution in [2.24, 2.45) is 0 Å². The fourth-order valence-corrected chi connectivity index (χ4v) is 4.96. The number of pyridine rings is 2. The van der Waals surface area contributed by atoms with Gasteiger partial charge in [-0.1, -0.05) is 24.3 Å². The van der Waals surface area contributed by atoms with E-state index in [0.717, 1.165) is 62.5 Å². The van der Waals surface area contributed by atoms with Crippen molar-refractivity contribution in [3.8, 4) is 10.6 Å². The Labute approximate surface area is 203 Å². The van der Waals surface area contributed by atoms with Gasteiger partial charge in [-0.15, -0.1) is 11.3 Å². The molecule has 0 fully saturated rings. The van der Waals surface area contributed by atoms with E-state index in [9.17, 15) is 4.79 Å². The topological polar surface area (TPSA) is 58.1 Å². The van der Waals surface area contributed by atoms with Gasteiger partial charge in [0.15, 0.2) is 0 Å². The third kappa shape index (κ3) is 4.13. The molecule has 6 heteroatoms. The number of nitrogens with zero attached hydrogens (tertiary/aromatic N) is 3. The van der Waals surface area contributed by atoms with E-state index in [2.05, 4.69) is 37.1 Å². The summed E-state index contributed by atoms with van der Waals surface area (Å²) in [7, 11) is 0. The summed E-state index contributed by atoms with van der Waals surface area (Å²) in [5.74, 6) is 0.831. The SMILES string of the molecule is CCN(CC)c1cc(C)c2cc(NC(=O)c3cc(-c4cccs4)nc4ccccc34)ccc2n1. The van der Waals surface area contributed by atoms with Crippen LogP contribution in [0.25, 0.3) is 32.4 Å². The van der Waals surface area contributed by atoms with E-state index in [1.54, 1.807) is 11.3 Å². The lowest BCUT2D eigenvalue weighted by molar-refractivity contribution is 0.102. The van der Waals surface area contributed by atoms with Crippen molar-refractivity contribution in [1.29, 1.82) is 0 Å². The van der Waals surface area contributed by atoms with Gasteiger partial charge in [-0.25, -0.2) is 9.97 Å². The number of carbonyl (C=O) groups excluding carboxylic acids is 1. The van der Waals surface area contributed by atoms with Crippen molar-refractivity contribution < 1.29 is 4.79 Å². The number of benzene rings is 2. The molecule has 0 unspecified atom stereocenters. The highest BCUT2D eigenvalue weighted by Gasteiger charge is 2.15. The molecule has 0 aliphatic heterocycles. The average Bonchev–Trinajstić information content (AvgIpc) is 3.40. The van der Waals surface area contributed by atoms with Crippen LogP contribution in [0.15, 0.2) is 72.1 Å². The minimum absolute atomic E-state index is 0.152. The molecule has 0 aliphatic carbocycles. The van der Waals surface area contributed by atoms with Crippen LogP contribution in [0.3, 0.4) is 0 Å². The maximum atomic E-state index is 13.4. The first kappa shape index (κ1) is 22.0. The predicted octanol–water partition coefficient (Wildman–Crippen LogP) is 6.92. The van der Waals surface area contributed by atoms with Gasteiger partial charge in [-0.05, 0) is 74.2 Å². The van der Waals surface area contributed by atoms with Crippen LogP contribution in [-0.4, -0.2) is 29.0 Å². The number of rotatable bonds is 6. The van der Waals surface area contributed by atoms with Gasteiger partial charge in [0, 0.05) is 29.5 Å². The van der Waals surface area contributed by atoms with Crippen LogP contribution in [0, 0.1) is 6.92 Å². The molecular weight excluding hydrogens is 440 g/mol. The monoisotopic (exact) mass is 466 g/mol. The normalized spacial score (nSPS) is 11.1. The van der Waals surface area contributed by atoms with Gasteiger partial charge < -0.3 is 10.2 Å². The molecule has 0 spiro atoms. The summed E-state index contributed by atoms with van der Waals surface area (Å²) in [5, 5.41) is 6.99. The lowest BCUT2D eigenvalue weighted by atomic mass is 10.1. The van der Waals surface area contributed by atoms with Gasteiger partial charge in [0.05, 0.1) is 27.2 Å². The highest BCUT2D eigenvalue weighted by atomic mass is 32.1. The Morgan fingerprint density at radius 2 is 1.71 bits per heavy atom. The highest BCUT2D eigenvalue weighted by Crippen LogP contribution is 2.29. The van der Waals surface area contributed by atoms with Gasteiger partial charge >= 0.3 is 0 Å². The molecule has 3 heterocycles. The lowest BCUT2D eigenvalue weighted by Gasteiger charge is -2.21. The van der Waals surface area contributed by atoms with E-state index < -0.39 is 0 Å². The number of para-hydroxylation sites is 1. The molecule has 34 heavy (non-hydrogen) atoms. The molecule has 1 amide bonds. The summed E-state index contributed by atoms with van der Waals surface area (Å²) < 4.78 is 0. The number of carbonyl (C=O) groups is 1. The fraction of sp³-hybridized carbons (Fsp3) is 0.179. The maximum absolute atomic E-state index is 13.4. The zero-order valence-corrected chi connectivity index (χ0v) is 20.3. The minimum Gasteiger partial charge on any atom is -0.357 e. The summed E-state index contributed by atoms with van der Waals surface area (Å²) in [6, 6.07) is 21.7. The van der Waals surface area contributed by atoms with Crippen LogP contribution in [-0.2, 0) is 0 Å². The smallest absolute Gasteiger partial charge is 0.256 e. The highest BCUT2D eigenvalue weighted by molar-refractivity contribution is 7.13.